The van der Waals surface area contributed by atoms with Gasteiger partial charge in [0.15, 0.2) is 0 Å². The van der Waals surface area contributed by atoms with Gasteiger partial charge in [0.1, 0.15) is 0 Å². The van der Waals surface area contributed by atoms with Crippen LogP contribution in [0.15, 0.2) is 42.5 Å². The van der Waals surface area contributed by atoms with Gasteiger partial charge in [0.25, 0.3) is 5.69 Å². The van der Waals surface area contributed by atoms with Crippen molar-refractivity contribution in [2.75, 3.05) is 18.0 Å². The molecule has 108 valence electrons. The second kappa shape index (κ2) is 5.54. The molecule has 1 aliphatic rings. The second-order valence-electron chi connectivity index (χ2n) is 5.19. The molecular weight excluding hydrogens is 266 g/mol. The number of aryl methyl sites for hydroxylation is 1. The fraction of sp³-hybridized carbons (Fsp3) is 0.250. The smallest absolute Gasteiger partial charge is 0.274 e. The fourth-order valence-corrected chi connectivity index (χ4v) is 2.69. The van der Waals surface area contributed by atoms with E-state index in [0.29, 0.717) is 5.56 Å². The van der Waals surface area contributed by atoms with Crippen LogP contribution in [0.4, 0.5) is 17.1 Å². The van der Waals surface area contributed by atoms with Gasteiger partial charge in [-0.05, 0) is 24.6 Å². The van der Waals surface area contributed by atoms with Crippen LogP contribution in [0.3, 0.4) is 0 Å². The summed E-state index contributed by atoms with van der Waals surface area (Å²) < 4.78 is 0. The monoisotopic (exact) mass is 283 g/mol. The Morgan fingerprint density at radius 2 is 2.05 bits per heavy atom. The third kappa shape index (κ3) is 2.60. The van der Waals surface area contributed by atoms with Crippen LogP contribution in [0.25, 0.3) is 0 Å². The van der Waals surface area contributed by atoms with Crippen LogP contribution < -0.4 is 10.2 Å². The minimum atomic E-state index is -0.319. The Labute approximate surface area is 123 Å². The number of nitro benzene ring substituents is 1. The maximum absolute atomic E-state index is 11.1. The summed E-state index contributed by atoms with van der Waals surface area (Å²) in [6, 6.07) is 13.6. The van der Waals surface area contributed by atoms with E-state index in [0.717, 1.165) is 31.0 Å². The zero-order valence-electron chi connectivity index (χ0n) is 11.9. The minimum absolute atomic E-state index is 0.169. The maximum atomic E-state index is 11.1. The summed E-state index contributed by atoms with van der Waals surface area (Å²) in [6.45, 7) is 4.22. The number of hydrogen-bond donors (Lipinski definition) is 1. The van der Waals surface area contributed by atoms with Gasteiger partial charge in [-0.25, -0.2) is 0 Å². The Kier molecular flexibility index (Phi) is 3.58. The van der Waals surface area contributed by atoms with Crippen molar-refractivity contribution in [2.24, 2.45) is 0 Å². The van der Waals surface area contributed by atoms with Gasteiger partial charge in [-0.15, -0.1) is 0 Å². The highest BCUT2D eigenvalue weighted by molar-refractivity contribution is 5.69. The molecule has 2 aromatic carbocycles. The molecule has 21 heavy (non-hydrogen) atoms. The molecule has 0 saturated heterocycles. The van der Waals surface area contributed by atoms with Gasteiger partial charge in [0.2, 0.25) is 0 Å². The van der Waals surface area contributed by atoms with E-state index in [1.807, 2.05) is 24.3 Å². The predicted molar refractivity (Wildman–Crippen MR) is 83.0 cm³/mol. The summed E-state index contributed by atoms with van der Waals surface area (Å²) in [5.74, 6) is 0. The molecule has 0 bridgehead atoms. The van der Waals surface area contributed by atoms with Crippen molar-refractivity contribution in [1.29, 1.82) is 0 Å². The van der Waals surface area contributed by atoms with Gasteiger partial charge >= 0.3 is 0 Å². The molecule has 0 fully saturated rings. The number of hydrogen-bond acceptors (Lipinski definition) is 4. The van der Waals surface area contributed by atoms with Crippen molar-refractivity contribution in [3.8, 4) is 0 Å². The molecule has 0 saturated carbocycles. The van der Waals surface area contributed by atoms with E-state index >= 15 is 0 Å². The standard InChI is InChI=1S/C16H17N3O2/c1-12-6-7-14(10-16(12)19(20)21)18-9-8-17-11-13-4-2-3-5-15(13)18/h2-7,10,17H,8-9,11H2,1H3. The van der Waals surface area contributed by atoms with Crippen LogP contribution >= 0.6 is 0 Å². The van der Waals surface area contributed by atoms with Crippen molar-refractivity contribution in [1.82, 2.24) is 5.32 Å². The van der Waals surface area contributed by atoms with Crippen molar-refractivity contribution in [3.63, 3.8) is 0 Å². The minimum Gasteiger partial charge on any atom is -0.340 e. The molecule has 0 amide bonds. The van der Waals surface area contributed by atoms with Gasteiger partial charge < -0.3 is 10.2 Å². The third-order valence-electron chi connectivity index (χ3n) is 3.81. The van der Waals surface area contributed by atoms with Crippen molar-refractivity contribution >= 4 is 17.1 Å². The summed E-state index contributed by atoms with van der Waals surface area (Å²) in [6.07, 6.45) is 0. The molecule has 1 heterocycles. The lowest BCUT2D eigenvalue weighted by Gasteiger charge is -2.24. The van der Waals surface area contributed by atoms with E-state index < -0.39 is 0 Å². The van der Waals surface area contributed by atoms with Gasteiger partial charge in [-0.1, -0.05) is 24.3 Å². The molecule has 0 aromatic heterocycles. The van der Waals surface area contributed by atoms with Crippen molar-refractivity contribution < 1.29 is 4.92 Å². The van der Waals surface area contributed by atoms with E-state index in [-0.39, 0.29) is 10.6 Å². The van der Waals surface area contributed by atoms with Crippen LogP contribution in [0.2, 0.25) is 0 Å². The quantitative estimate of drug-likeness (QED) is 0.679. The number of nitrogens with one attached hydrogen (secondary N) is 1. The lowest BCUT2D eigenvalue weighted by atomic mass is 10.1. The average Bonchev–Trinajstić information content (AvgIpc) is 2.70. The Hall–Kier alpha value is -2.40. The average molecular weight is 283 g/mol. The first kappa shape index (κ1) is 13.6. The van der Waals surface area contributed by atoms with E-state index in [1.54, 1.807) is 13.0 Å². The lowest BCUT2D eigenvalue weighted by molar-refractivity contribution is -0.385. The highest BCUT2D eigenvalue weighted by Gasteiger charge is 2.19. The van der Waals surface area contributed by atoms with Gasteiger partial charge in [0, 0.05) is 42.6 Å². The van der Waals surface area contributed by atoms with Crippen LogP contribution in [0, 0.1) is 17.0 Å². The van der Waals surface area contributed by atoms with E-state index in [4.69, 9.17) is 0 Å². The first-order chi connectivity index (χ1) is 10.2. The number of benzene rings is 2. The first-order valence-electron chi connectivity index (χ1n) is 6.98. The van der Waals surface area contributed by atoms with Crippen LogP contribution in [0.5, 0.6) is 0 Å². The number of nitro groups is 1. The molecule has 3 rings (SSSR count). The topological polar surface area (TPSA) is 58.4 Å². The summed E-state index contributed by atoms with van der Waals surface area (Å²) in [5.41, 5.74) is 4.04. The Bertz CT molecular complexity index is 685. The number of anilines is 2. The number of nitrogens with zero attached hydrogens (tertiary/aromatic N) is 2. The maximum Gasteiger partial charge on any atom is 0.274 e. The molecule has 0 radical (unpaired) electrons. The van der Waals surface area contributed by atoms with E-state index in [2.05, 4.69) is 22.3 Å². The van der Waals surface area contributed by atoms with E-state index in [1.165, 1.54) is 5.56 Å². The normalized spacial score (nSPS) is 14.4. The fourth-order valence-electron chi connectivity index (χ4n) is 2.69. The summed E-state index contributed by atoms with van der Waals surface area (Å²) in [5, 5.41) is 14.5. The van der Waals surface area contributed by atoms with E-state index in [9.17, 15) is 10.1 Å². The highest BCUT2D eigenvalue weighted by Crippen LogP contribution is 2.32. The van der Waals surface area contributed by atoms with Gasteiger partial charge in [0.05, 0.1) is 4.92 Å². The summed E-state index contributed by atoms with van der Waals surface area (Å²) >= 11 is 0. The Morgan fingerprint density at radius 3 is 2.86 bits per heavy atom. The first-order valence-corrected chi connectivity index (χ1v) is 6.98. The van der Waals surface area contributed by atoms with Gasteiger partial charge in [-0.3, -0.25) is 10.1 Å². The number of fused-ring (bicyclic) bond motifs is 1. The van der Waals surface area contributed by atoms with Crippen LogP contribution in [-0.2, 0) is 6.54 Å². The third-order valence-corrected chi connectivity index (χ3v) is 3.81. The lowest BCUT2D eigenvalue weighted by Crippen LogP contribution is -2.24. The molecule has 0 spiro atoms. The molecule has 0 unspecified atom stereocenters. The SMILES string of the molecule is Cc1ccc(N2CCNCc3ccccc32)cc1[N+](=O)[O-]. The molecule has 5 nitrogen and oxygen atoms in total. The second-order valence-corrected chi connectivity index (χ2v) is 5.19. The van der Waals surface area contributed by atoms with Crippen LogP contribution in [0.1, 0.15) is 11.1 Å². The molecule has 5 heteroatoms. The molecular formula is C16H17N3O2. The molecule has 0 atom stereocenters. The predicted octanol–water partition coefficient (Wildman–Crippen LogP) is 3.14. The highest BCUT2D eigenvalue weighted by atomic mass is 16.6. The molecule has 0 aliphatic carbocycles. The molecule has 2 aromatic rings. The number of para-hydroxylation sites is 1. The summed E-state index contributed by atoms with van der Waals surface area (Å²) in [4.78, 5) is 13.0. The largest absolute Gasteiger partial charge is 0.340 e. The number of rotatable bonds is 2. The van der Waals surface area contributed by atoms with Crippen molar-refractivity contribution in [2.45, 2.75) is 13.5 Å². The molecule has 1 aliphatic heterocycles. The van der Waals surface area contributed by atoms with Crippen molar-refractivity contribution in [3.05, 3.63) is 63.7 Å². The zero-order valence-corrected chi connectivity index (χ0v) is 11.9. The zero-order chi connectivity index (χ0) is 14.8. The van der Waals surface area contributed by atoms with Gasteiger partial charge in [-0.2, -0.15) is 0 Å². The Balaban J connectivity index is 2.08. The summed E-state index contributed by atoms with van der Waals surface area (Å²) in [7, 11) is 0. The molecule has 1 N–H and O–H groups in total. The van der Waals surface area contributed by atoms with Crippen LogP contribution in [-0.4, -0.2) is 18.0 Å². The Morgan fingerprint density at radius 1 is 1.24 bits per heavy atom.